The summed E-state index contributed by atoms with van der Waals surface area (Å²) in [7, 11) is 1.53. The maximum absolute atomic E-state index is 12.7. The number of methoxy groups -OCH3 is 1. The van der Waals surface area contributed by atoms with Gasteiger partial charge < -0.3 is 19.7 Å². The van der Waals surface area contributed by atoms with Gasteiger partial charge in [-0.15, -0.1) is 0 Å². The summed E-state index contributed by atoms with van der Waals surface area (Å²) in [4.78, 5) is 17.5. The molecule has 0 spiro atoms. The first-order chi connectivity index (χ1) is 14.5. The molecule has 162 valence electrons. The molecule has 1 atom stereocenters. The molecule has 1 aliphatic rings. The lowest BCUT2D eigenvalue weighted by Crippen LogP contribution is -2.52. The van der Waals surface area contributed by atoms with Gasteiger partial charge in [-0.2, -0.15) is 0 Å². The smallest absolute Gasteiger partial charge is 0.251 e. The van der Waals surface area contributed by atoms with E-state index >= 15 is 0 Å². The summed E-state index contributed by atoms with van der Waals surface area (Å²) in [5, 5.41) is 3.39. The molecule has 1 amide bonds. The van der Waals surface area contributed by atoms with Gasteiger partial charge in [-0.3, -0.25) is 9.69 Å². The van der Waals surface area contributed by atoms with Crippen LogP contribution in [-0.4, -0.2) is 63.3 Å². The summed E-state index contributed by atoms with van der Waals surface area (Å²) in [6.07, 6.45) is 0. The van der Waals surface area contributed by atoms with E-state index in [4.69, 9.17) is 21.1 Å². The van der Waals surface area contributed by atoms with Gasteiger partial charge in [-0.25, -0.2) is 0 Å². The number of hydrogen-bond acceptors (Lipinski definition) is 5. The van der Waals surface area contributed by atoms with Crippen LogP contribution in [0.2, 0.25) is 5.02 Å². The van der Waals surface area contributed by atoms with Gasteiger partial charge in [-0.05, 0) is 38.1 Å². The standard InChI is InChI=1S/C23H30ClN3O3/c1-4-30-22-20(24)14-18(15-21(22)29-3)23(28)25-16-17(2)26-10-12-27(13-11-26)19-8-6-5-7-9-19/h5-9,14-15,17H,4,10-13,16H2,1-3H3,(H,25,28). The predicted octanol–water partition coefficient (Wildman–Crippen LogP) is 3.69. The number of ether oxygens (including phenoxy) is 2. The van der Waals surface area contributed by atoms with E-state index in [1.165, 1.54) is 12.8 Å². The summed E-state index contributed by atoms with van der Waals surface area (Å²) < 4.78 is 10.8. The number of amides is 1. The number of benzene rings is 2. The van der Waals surface area contributed by atoms with E-state index in [9.17, 15) is 4.79 Å². The second-order valence-corrected chi connectivity index (χ2v) is 7.75. The molecule has 0 bridgehead atoms. The van der Waals surface area contributed by atoms with Crippen molar-refractivity contribution < 1.29 is 14.3 Å². The molecule has 2 aromatic carbocycles. The molecule has 30 heavy (non-hydrogen) atoms. The number of nitrogens with one attached hydrogen (secondary N) is 1. The van der Waals surface area contributed by atoms with Crippen LogP contribution in [0.5, 0.6) is 11.5 Å². The van der Waals surface area contributed by atoms with Gasteiger partial charge in [0.05, 0.1) is 18.7 Å². The topological polar surface area (TPSA) is 54.0 Å². The predicted molar refractivity (Wildman–Crippen MR) is 121 cm³/mol. The molecule has 1 unspecified atom stereocenters. The highest BCUT2D eigenvalue weighted by atomic mass is 35.5. The largest absolute Gasteiger partial charge is 0.493 e. The molecule has 0 aliphatic carbocycles. The van der Waals surface area contributed by atoms with Gasteiger partial charge in [0.1, 0.15) is 0 Å². The fraction of sp³-hybridized carbons (Fsp3) is 0.435. The molecule has 1 N–H and O–H groups in total. The molecule has 0 aromatic heterocycles. The Kier molecular flexibility index (Phi) is 7.82. The van der Waals surface area contributed by atoms with Crippen LogP contribution >= 0.6 is 11.6 Å². The van der Waals surface area contributed by atoms with Crippen molar-refractivity contribution in [2.45, 2.75) is 19.9 Å². The van der Waals surface area contributed by atoms with Crippen LogP contribution in [0.3, 0.4) is 0 Å². The zero-order chi connectivity index (χ0) is 21.5. The molecule has 3 rings (SSSR count). The number of carbonyl (C=O) groups excluding carboxylic acids is 1. The van der Waals surface area contributed by atoms with Crippen LogP contribution in [0.15, 0.2) is 42.5 Å². The van der Waals surface area contributed by atoms with E-state index in [-0.39, 0.29) is 11.9 Å². The maximum atomic E-state index is 12.7. The third-order valence-corrected chi connectivity index (χ3v) is 5.68. The zero-order valence-corrected chi connectivity index (χ0v) is 18.6. The summed E-state index contributed by atoms with van der Waals surface area (Å²) in [5.74, 6) is 0.746. The minimum absolute atomic E-state index is 0.173. The Balaban J connectivity index is 1.53. The average molecular weight is 432 g/mol. The Bertz CT molecular complexity index is 839. The van der Waals surface area contributed by atoms with Crippen molar-refractivity contribution in [3.63, 3.8) is 0 Å². The first-order valence-corrected chi connectivity index (χ1v) is 10.7. The number of rotatable bonds is 8. The number of piperazine rings is 1. The van der Waals surface area contributed by atoms with Crippen molar-refractivity contribution in [2.24, 2.45) is 0 Å². The third-order valence-electron chi connectivity index (χ3n) is 5.40. The molecule has 1 fully saturated rings. The fourth-order valence-electron chi connectivity index (χ4n) is 3.67. The van der Waals surface area contributed by atoms with E-state index in [0.29, 0.717) is 35.2 Å². The molecule has 1 saturated heterocycles. The summed E-state index contributed by atoms with van der Waals surface area (Å²) in [5.41, 5.74) is 1.72. The van der Waals surface area contributed by atoms with E-state index in [1.807, 2.05) is 13.0 Å². The van der Waals surface area contributed by atoms with Gasteiger partial charge in [0.15, 0.2) is 11.5 Å². The van der Waals surface area contributed by atoms with E-state index in [0.717, 1.165) is 26.2 Å². The summed E-state index contributed by atoms with van der Waals surface area (Å²) >= 11 is 6.29. The normalized spacial score (nSPS) is 15.5. The van der Waals surface area contributed by atoms with E-state index in [2.05, 4.69) is 46.3 Å². The molecular formula is C23H30ClN3O3. The lowest BCUT2D eigenvalue weighted by molar-refractivity contribution is 0.0934. The average Bonchev–Trinajstić information content (AvgIpc) is 2.79. The Morgan fingerprint density at radius 2 is 1.87 bits per heavy atom. The van der Waals surface area contributed by atoms with Crippen LogP contribution < -0.4 is 19.7 Å². The van der Waals surface area contributed by atoms with Gasteiger partial charge in [0, 0.05) is 50.0 Å². The highest BCUT2D eigenvalue weighted by Gasteiger charge is 2.22. The number of anilines is 1. The molecule has 0 saturated carbocycles. The molecular weight excluding hydrogens is 402 g/mol. The van der Waals surface area contributed by atoms with Crippen LogP contribution in [-0.2, 0) is 0 Å². The van der Waals surface area contributed by atoms with Gasteiger partial charge >= 0.3 is 0 Å². The highest BCUT2D eigenvalue weighted by molar-refractivity contribution is 6.32. The van der Waals surface area contributed by atoms with Crippen LogP contribution in [0.1, 0.15) is 24.2 Å². The Morgan fingerprint density at radius 3 is 2.50 bits per heavy atom. The van der Waals surface area contributed by atoms with Gasteiger partial charge in [0.25, 0.3) is 5.91 Å². The van der Waals surface area contributed by atoms with Crippen LogP contribution in [0.25, 0.3) is 0 Å². The molecule has 1 heterocycles. The van der Waals surface area contributed by atoms with Crippen molar-refractivity contribution in [3.8, 4) is 11.5 Å². The van der Waals surface area contributed by atoms with Crippen molar-refractivity contribution in [1.82, 2.24) is 10.2 Å². The van der Waals surface area contributed by atoms with Crippen molar-refractivity contribution in [3.05, 3.63) is 53.1 Å². The second kappa shape index (κ2) is 10.5. The number of hydrogen-bond donors (Lipinski definition) is 1. The number of nitrogens with zero attached hydrogens (tertiary/aromatic N) is 2. The minimum atomic E-state index is -0.173. The maximum Gasteiger partial charge on any atom is 0.251 e. The fourth-order valence-corrected chi connectivity index (χ4v) is 3.93. The summed E-state index contributed by atoms with van der Waals surface area (Å²) in [6, 6.07) is 14.0. The molecule has 2 aromatic rings. The van der Waals surface area contributed by atoms with Gasteiger partial charge in [0.2, 0.25) is 0 Å². The minimum Gasteiger partial charge on any atom is -0.493 e. The summed E-state index contributed by atoms with van der Waals surface area (Å²) in [6.45, 7) is 8.95. The first-order valence-electron chi connectivity index (χ1n) is 10.4. The number of para-hydroxylation sites is 1. The number of carbonyl (C=O) groups is 1. The Hall–Kier alpha value is -2.44. The van der Waals surface area contributed by atoms with E-state index in [1.54, 1.807) is 12.1 Å². The Labute approximate surface area is 183 Å². The lowest BCUT2D eigenvalue weighted by atomic mass is 10.1. The lowest BCUT2D eigenvalue weighted by Gasteiger charge is -2.39. The Morgan fingerprint density at radius 1 is 1.17 bits per heavy atom. The molecule has 7 heteroatoms. The van der Waals surface area contributed by atoms with Crippen molar-refractivity contribution in [1.29, 1.82) is 0 Å². The molecule has 6 nitrogen and oxygen atoms in total. The van der Waals surface area contributed by atoms with Crippen molar-refractivity contribution in [2.75, 3.05) is 51.3 Å². The number of halogens is 1. The van der Waals surface area contributed by atoms with Crippen molar-refractivity contribution >= 4 is 23.2 Å². The van der Waals surface area contributed by atoms with E-state index < -0.39 is 0 Å². The first kappa shape index (κ1) is 22.2. The third kappa shape index (κ3) is 5.37. The second-order valence-electron chi connectivity index (χ2n) is 7.34. The van der Waals surface area contributed by atoms with Crippen LogP contribution in [0.4, 0.5) is 5.69 Å². The zero-order valence-electron chi connectivity index (χ0n) is 17.9. The van der Waals surface area contributed by atoms with Crippen LogP contribution in [0, 0.1) is 0 Å². The highest BCUT2D eigenvalue weighted by Crippen LogP contribution is 2.36. The quantitative estimate of drug-likeness (QED) is 0.690. The SMILES string of the molecule is CCOc1c(Cl)cc(C(=O)NCC(C)N2CCN(c3ccccc3)CC2)cc1OC. The molecule has 1 aliphatic heterocycles. The van der Waals surface area contributed by atoms with Gasteiger partial charge in [-0.1, -0.05) is 29.8 Å². The molecule has 0 radical (unpaired) electrons. The monoisotopic (exact) mass is 431 g/mol.